The molecule has 0 atom stereocenters. The van der Waals surface area contributed by atoms with Crippen LogP contribution in [0, 0.1) is 0 Å². The second-order valence-corrected chi connectivity index (χ2v) is 8.56. The van der Waals surface area contributed by atoms with Crippen molar-refractivity contribution >= 4 is 16.9 Å². The third-order valence-electron chi connectivity index (χ3n) is 6.14. The van der Waals surface area contributed by atoms with E-state index in [0.717, 1.165) is 33.4 Å². The number of hydrogen-bond donors (Lipinski definition) is 0. The van der Waals surface area contributed by atoms with E-state index in [2.05, 4.69) is 24.3 Å². The first-order valence-electron chi connectivity index (χ1n) is 11.5. The summed E-state index contributed by atoms with van der Waals surface area (Å²) in [5.41, 5.74) is 4.95. The van der Waals surface area contributed by atoms with Crippen molar-refractivity contribution in [3.63, 3.8) is 0 Å². The van der Waals surface area contributed by atoms with E-state index in [0.29, 0.717) is 30.2 Å². The van der Waals surface area contributed by atoms with E-state index in [-0.39, 0.29) is 12.7 Å². The molecule has 5 aromatic rings. The first-order valence-corrected chi connectivity index (χ1v) is 11.5. The fourth-order valence-electron chi connectivity index (χ4n) is 4.40. The second kappa shape index (κ2) is 9.03. The number of nitrogens with zero attached hydrogens (tertiary/aromatic N) is 1. The van der Waals surface area contributed by atoms with Crippen molar-refractivity contribution < 1.29 is 18.7 Å². The molecule has 1 aliphatic heterocycles. The van der Waals surface area contributed by atoms with Crippen molar-refractivity contribution in [2.24, 2.45) is 0 Å². The van der Waals surface area contributed by atoms with E-state index in [1.165, 1.54) is 0 Å². The Kier molecular flexibility index (Phi) is 5.43. The van der Waals surface area contributed by atoms with E-state index in [1.807, 2.05) is 78.9 Å². The lowest BCUT2D eigenvalue weighted by Gasteiger charge is -2.22. The molecule has 1 aromatic heterocycles. The van der Waals surface area contributed by atoms with Crippen molar-refractivity contribution in [2.75, 3.05) is 6.79 Å². The van der Waals surface area contributed by atoms with E-state index in [9.17, 15) is 4.79 Å². The van der Waals surface area contributed by atoms with Crippen LogP contribution < -0.4 is 9.47 Å². The second-order valence-electron chi connectivity index (χ2n) is 8.56. The molecule has 4 aromatic carbocycles. The summed E-state index contributed by atoms with van der Waals surface area (Å²) in [5, 5.41) is 0.907. The van der Waals surface area contributed by atoms with Gasteiger partial charge in [0, 0.05) is 18.5 Å². The SMILES string of the molecule is O=C(c1cc2ccccc2o1)N(Cc1cccc(-c2ccccc2)c1)Cc1ccc2c(c1)OCO2. The fourth-order valence-corrected chi connectivity index (χ4v) is 4.40. The van der Waals surface area contributed by atoms with Gasteiger partial charge in [-0.1, -0.05) is 72.8 Å². The lowest BCUT2D eigenvalue weighted by Crippen LogP contribution is -2.29. The molecule has 0 spiro atoms. The molecule has 5 heteroatoms. The predicted molar refractivity (Wildman–Crippen MR) is 134 cm³/mol. The Labute approximate surface area is 203 Å². The zero-order valence-corrected chi connectivity index (χ0v) is 19.0. The summed E-state index contributed by atoms with van der Waals surface area (Å²) in [5.74, 6) is 1.58. The molecule has 0 N–H and O–H groups in total. The highest BCUT2D eigenvalue weighted by Crippen LogP contribution is 2.33. The molecule has 1 aliphatic rings. The van der Waals surface area contributed by atoms with Crippen molar-refractivity contribution in [3.8, 4) is 22.6 Å². The maximum Gasteiger partial charge on any atom is 0.290 e. The highest BCUT2D eigenvalue weighted by Gasteiger charge is 2.22. The number of furan rings is 1. The van der Waals surface area contributed by atoms with Crippen molar-refractivity contribution in [1.82, 2.24) is 4.90 Å². The molecule has 0 radical (unpaired) electrons. The molecule has 35 heavy (non-hydrogen) atoms. The third kappa shape index (κ3) is 4.36. The normalized spacial score (nSPS) is 12.1. The maximum atomic E-state index is 13.7. The number of rotatable bonds is 6. The first-order chi connectivity index (χ1) is 17.2. The average molecular weight is 462 g/mol. The Bertz CT molecular complexity index is 1470. The Balaban J connectivity index is 1.33. The number of carbonyl (C=O) groups excluding carboxylic acids is 1. The summed E-state index contributed by atoms with van der Waals surface area (Å²) in [6.07, 6.45) is 0. The minimum Gasteiger partial charge on any atom is -0.454 e. The van der Waals surface area contributed by atoms with Crippen LogP contribution in [0.1, 0.15) is 21.7 Å². The number of hydrogen-bond acceptors (Lipinski definition) is 4. The van der Waals surface area contributed by atoms with Gasteiger partial charge in [0.1, 0.15) is 5.58 Å². The number of benzene rings is 4. The number of ether oxygens (including phenoxy) is 2. The van der Waals surface area contributed by atoms with Gasteiger partial charge in [-0.2, -0.15) is 0 Å². The van der Waals surface area contributed by atoms with Crippen molar-refractivity contribution in [1.29, 1.82) is 0 Å². The Morgan fingerprint density at radius 2 is 1.43 bits per heavy atom. The first kappa shape index (κ1) is 21.1. The summed E-state index contributed by atoms with van der Waals surface area (Å²) < 4.78 is 16.9. The van der Waals surface area contributed by atoms with Crippen molar-refractivity contribution in [3.05, 3.63) is 120 Å². The standard InChI is InChI=1S/C30H23NO4/c32-30(29-17-25-10-4-5-12-26(25)35-29)31(19-22-13-14-27-28(16-22)34-20-33-27)18-21-7-6-11-24(15-21)23-8-2-1-3-9-23/h1-17H,18-20H2. The molecule has 0 fully saturated rings. The molecule has 5 nitrogen and oxygen atoms in total. The van der Waals surface area contributed by atoms with Gasteiger partial charge in [-0.05, 0) is 52.6 Å². The molecule has 0 bridgehead atoms. The van der Waals surface area contributed by atoms with Gasteiger partial charge in [-0.3, -0.25) is 4.79 Å². The molecule has 1 amide bonds. The van der Waals surface area contributed by atoms with Crippen molar-refractivity contribution in [2.45, 2.75) is 13.1 Å². The Morgan fingerprint density at radius 3 is 2.29 bits per heavy atom. The monoisotopic (exact) mass is 461 g/mol. The highest BCUT2D eigenvalue weighted by molar-refractivity contribution is 5.96. The van der Waals surface area contributed by atoms with Gasteiger partial charge >= 0.3 is 0 Å². The third-order valence-corrected chi connectivity index (χ3v) is 6.14. The van der Waals surface area contributed by atoms with Crippen LogP contribution >= 0.6 is 0 Å². The van der Waals surface area contributed by atoms with Gasteiger partial charge < -0.3 is 18.8 Å². The van der Waals surface area contributed by atoms with Gasteiger partial charge in [0.15, 0.2) is 17.3 Å². The largest absolute Gasteiger partial charge is 0.454 e. The molecule has 0 unspecified atom stereocenters. The van der Waals surface area contributed by atoms with Crippen LogP contribution in [0.15, 0.2) is 108 Å². The van der Waals surface area contributed by atoms with Crippen LogP contribution in [0.4, 0.5) is 0 Å². The minimum atomic E-state index is -0.163. The summed E-state index contributed by atoms with van der Waals surface area (Å²) in [6, 6.07) is 33.8. The van der Waals surface area contributed by atoms with E-state index in [1.54, 1.807) is 4.90 Å². The maximum absolute atomic E-state index is 13.7. The number of carbonyl (C=O) groups is 1. The molecule has 0 saturated heterocycles. The average Bonchev–Trinajstić information content (AvgIpc) is 3.55. The fraction of sp³-hybridized carbons (Fsp3) is 0.100. The van der Waals surface area contributed by atoms with Crippen LogP contribution in [-0.2, 0) is 13.1 Å². The van der Waals surface area contributed by atoms with Crippen LogP contribution in [-0.4, -0.2) is 17.6 Å². The molecular weight excluding hydrogens is 438 g/mol. The van der Waals surface area contributed by atoms with E-state index in [4.69, 9.17) is 13.9 Å². The summed E-state index contributed by atoms with van der Waals surface area (Å²) in [6.45, 7) is 1.06. The van der Waals surface area contributed by atoms with Gasteiger partial charge in [-0.15, -0.1) is 0 Å². The predicted octanol–water partition coefficient (Wildman–Crippen LogP) is 6.67. The van der Waals surface area contributed by atoms with Gasteiger partial charge in [-0.25, -0.2) is 0 Å². The Morgan fingerprint density at radius 1 is 0.686 bits per heavy atom. The number of amides is 1. The lowest BCUT2D eigenvalue weighted by atomic mass is 10.0. The smallest absolute Gasteiger partial charge is 0.290 e. The van der Waals surface area contributed by atoms with Crippen LogP contribution in [0.25, 0.3) is 22.1 Å². The topological polar surface area (TPSA) is 51.9 Å². The van der Waals surface area contributed by atoms with Crippen LogP contribution in [0.5, 0.6) is 11.5 Å². The highest BCUT2D eigenvalue weighted by atomic mass is 16.7. The molecular formula is C30H23NO4. The minimum absolute atomic E-state index is 0.163. The van der Waals surface area contributed by atoms with Crippen LogP contribution in [0.3, 0.4) is 0 Å². The zero-order valence-electron chi connectivity index (χ0n) is 19.0. The zero-order chi connectivity index (χ0) is 23.6. The van der Waals surface area contributed by atoms with Gasteiger partial charge in [0.05, 0.1) is 0 Å². The molecule has 172 valence electrons. The molecule has 6 rings (SSSR count). The molecule has 0 aliphatic carbocycles. The van der Waals surface area contributed by atoms with E-state index < -0.39 is 0 Å². The van der Waals surface area contributed by atoms with Gasteiger partial charge in [0.2, 0.25) is 6.79 Å². The molecule has 2 heterocycles. The van der Waals surface area contributed by atoms with Gasteiger partial charge in [0.25, 0.3) is 5.91 Å². The number of fused-ring (bicyclic) bond motifs is 2. The van der Waals surface area contributed by atoms with Crippen LogP contribution in [0.2, 0.25) is 0 Å². The van der Waals surface area contributed by atoms with E-state index >= 15 is 0 Å². The Hall–Kier alpha value is -4.51. The summed E-state index contributed by atoms with van der Waals surface area (Å²) in [7, 11) is 0. The summed E-state index contributed by atoms with van der Waals surface area (Å²) in [4.78, 5) is 15.5. The molecule has 0 saturated carbocycles. The summed E-state index contributed by atoms with van der Waals surface area (Å²) >= 11 is 0. The lowest BCUT2D eigenvalue weighted by molar-refractivity contribution is 0.0700. The number of para-hydroxylation sites is 1. The quantitative estimate of drug-likeness (QED) is 0.283.